The van der Waals surface area contributed by atoms with Gasteiger partial charge in [0.15, 0.2) is 0 Å². The van der Waals surface area contributed by atoms with Crippen LogP contribution in [0.4, 0.5) is 10.1 Å². The quantitative estimate of drug-likeness (QED) is 0.803. The van der Waals surface area contributed by atoms with Crippen molar-refractivity contribution in [1.82, 2.24) is 14.8 Å². The van der Waals surface area contributed by atoms with Crippen molar-refractivity contribution >= 4 is 21.6 Å². The molecular weight excluding hydrogens is 289 g/mol. The maximum absolute atomic E-state index is 13.1. The molecule has 0 saturated heterocycles. The maximum Gasteiger partial charge on any atom is 0.246 e. The minimum absolute atomic E-state index is 0.194. The average molecular weight is 299 g/mol. The third-order valence-electron chi connectivity index (χ3n) is 2.29. The molecule has 106 valence electrons. The molecule has 1 aromatic heterocycles. The molecule has 0 radical (unpaired) electrons. The van der Waals surface area contributed by atoms with Crippen LogP contribution >= 0.6 is 0 Å². The Kier molecular flexibility index (Phi) is 3.77. The number of nitrogens with two attached hydrogens (primary N) is 1. The summed E-state index contributed by atoms with van der Waals surface area (Å²) in [5.74, 6) is -1.29. The minimum Gasteiger partial charge on any atom is -0.323 e. The summed E-state index contributed by atoms with van der Waals surface area (Å²) in [5.41, 5.74) is -0.224. The lowest BCUT2D eigenvalue weighted by Crippen LogP contribution is -2.22. The number of nitrogens with zero attached hydrogens (tertiary/aromatic N) is 3. The van der Waals surface area contributed by atoms with E-state index in [0.717, 1.165) is 18.2 Å². The third-order valence-corrected chi connectivity index (χ3v) is 3.26. The van der Waals surface area contributed by atoms with E-state index in [1.54, 1.807) is 0 Å². The molecular formula is C10H10FN5O3S. The molecule has 10 heteroatoms. The van der Waals surface area contributed by atoms with Gasteiger partial charge in [-0.25, -0.2) is 27.6 Å². The van der Waals surface area contributed by atoms with E-state index in [2.05, 4.69) is 15.4 Å². The number of carbonyl (C=O) groups excluding carboxylic acids is 1. The van der Waals surface area contributed by atoms with Crippen molar-refractivity contribution in [3.8, 4) is 0 Å². The minimum atomic E-state index is -4.07. The van der Waals surface area contributed by atoms with E-state index in [4.69, 9.17) is 5.14 Å². The number of primary sulfonamides is 1. The number of sulfonamides is 1. The van der Waals surface area contributed by atoms with Gasteiger partial charge in [-0.2, -0.15) is 5.10 Å². The molecule has 0 fully saturated rings. The zero-order valence-corrected chi connectivity index (χ0v) is 10.8. The van der Waals surface area contributed by atoms with E-state index in [1.165, 1.54) is 17.3 Å². The van der Waals surface area contributed by atoms with Crippen molar-refractivity contribution < 1.29 is 17.6 Å². The number of hydrogen-bond donors (Lipinski definition) is 2. The van der Waals surface area contributed by atoms with E-state index < -0.39 is 21.7 Å². The molecule has 0 saturated carbocycles. The van der Waals surface area contributed by atoms with Crippen LogP contribution in [0.2, 0.25) is 0 Å². The molecule has 8 nitrogen and oxygen atoms in total. The van der Waals surface area contributed by atoms with Gasteiger partial charge < -0.3 is 5.32 Å². The molecule has 2 rings (SSSR count). The van der Waals surface area contributed by atoms with Crippen LogP contribution in [-0.2, 0) is 21.4 Å². The second-order valence-electron chi connectivity index (χ2n) is 3.83. The van der Waals surface area contributed by atoms with Crippen LogP contribution in [0, 0.1) is 5.82 Å². The molecule has 2 aromatic rings. The number of halogens is 1. The lowest BCUT2D eigenvalue weighted by molar-refractivity contribution is -0.116. The van der Waals surface area contributed by atoms with Gasteiger partial charge in [0.1, 0.15) is 29.9 Å². The molecule has 0 aliphatic carbocycles. The molecule has 3 N–H and O–H groups in total. The summed E-state index contributed by atoms with van der Waals surface area (Å²) in [6.45, 7) is -0.194. The Hall–Kier alpha value is -2.33. The summed E-state index contributed by atoms with van der Waals surface area (Å²) < 4.78 is 37.1. The van der Waals surface area contributed by atoms with Gasteiger partial charge in [-0.3, -0.25) is 4.79 Å². The van der Waals surface area contributed by atoms with Crippen LogP contribution in [0.1, 0.15) is 0 Å². The van der Waals surface area contributed by atoms with E-state index in [9.17, 15) is 17.6 Å². The lowest BCUT2D eigenvalue weighted by Gasteiger charge is -2.09. The predicted molar refractivity (Wildman–Crippen MR) is 66.4 cm³/mol. The molecule has 0 aliphatic rings. The van der Waals surface area contributed by atoms with Gasteiger partial charge in [-0.15, -0.1) is 0 Å². The smallest absolute Gasteiger partial charge is 0.246 e. The van der Waals surface area contributed by atoms with Crippen LogP contribution in [0.15, 0.2) is 35.7 Å². The number of nitrogens with one attached hydrogen (secondary N) is 1. The Bertz CT molecular complexity index is 729. The standard InChI is InChI=1S/C10H10FN5O3S/c11-7-1-2-9(20(12,18)19)8(3-7)15-10(17)4-16-6-13-5-14-16/h1-3,5-6H,4H2,(H,15,17)(H2,12,18,19). The lowest BCUT2D eigenvalue weighted by atomic mass is 10.3. The van der Waals surface area contributed by atoms with Gasteiger partial charge in [0, 0.05) is 0 Å². The number of rotatable bonds is 4. The fraction of sp³-hybridized carbons (Fsp3) is 0.100. The van der Waals surface area contributed by atoms with Crippen molar-refractivity contribution in [2.24, 2.45) is 5.14 Å². The molecule has 0 bridgehead atoms. The highest BCUT2D eigenvalue weighted by Gasteiger charge is 2.16. The van der Waals surface area contributed by atoms with E-state index in [-0.39, 0.29) is 17.1 Å². The van der Waals surface area contributed by atoms with Crippen molar-refractivity contribution in [1.29, 1.82) is 0 Å². The highest BCUT2D eigenvalue weighted by molar-refractivity contribution is 7.89. The molecule has 20 heavy (non-hydrogen) atoms. The monoisotopic (exact) mass is 299 g/mol. The average Bonchev–Trinajstić information content (AvgIpc) is 2.79. The van der Waals surface area contributed by atoms with Crippen molar-refractivity contribution in [3.05, 3.63) is 36.7 Å². The normalized spacial score (nSPS) is 11.3. The van der Waals surface area contributed by atoms with Crippen molar-refractivity contribution in [2.75, 3.05) is 5.32 Å². The number of carbonyl (C=O) groups is 1. The highest BCUT2D eigenvalue weighted by atomic mass is 32.2. The Labute approximate surface area is 113 Å². The molecule has 0 unspecified atom stereocenters. The van der Waals surface area contributed by atoms with Gasteiger partial charge in [0.05, 0.1) is 5.69 Å². The van der Waals surface area contributed by atoms with Crippen molar-refractivity contribution in [3.63, 3.8) is 0 Å². The SMILES string of the molecule is NS(=O)(=O)c1ccc(F)cc1NC(=O)Cn1cncn1. The Morgan fingerprint density at radius 2 is 2.20 bits per heavy atom. The topological polar surface area (TPSA) is 120 Å². The first-order valence-corrected chi connectivity index (χ1v) is 6.85. The summed E-state index contributed by atoms with van der Waals surface area (Å²) in [7, 11) is -4.07. The zero-order valence-electron chi connectivity index (χ0n) is 10.0. The third kappa shape index (κ3) is 3.36. The van der Waals surface area contributed by atoms with E-state index in [0.29, 0.717) is 0 Å². The van der Waals surface area contributed by atoms with Gasteiger partial charge >= 0.3 is 0 Å². The Balaban J connectivity index is 2.24. The number of amides is 1. The first kappa shape index (κ1) is 14.1. The molecule has 1 amide bonds. The summed E-state index contributed by atoms with van der Waals surface area (Å²) in [5, 5.41) is 11.0. The predicted octanol–water partition coefficient (Wildman–Crippen LogP) is -0.297. The number of benzene rings is 1. The van der Waals surface area contributed by atoms with E-state index >= 15 is 0 Å². The molecule has 1 aromatic carbocycles. The molecule has 0 aliphatic heterocycles. The van der Waals surface area contributed by atoms with Gasteiger partial charge in [-0.05, 0) is 18.2 Å². The van der Waals surface area contributed by atoms with Crippen LogP contribution in [0.5, 0.6) is 0 Å². The van der Waals surface area contributed by atoms with Gasteiger partial charge in [0.2, 0.25) is 15.9 Å². The Morgan fingerprint density at radius 1 is 1.45 bits per heavy atom. The summed E-state index contributed by atoms with van der Waals surface area (Å²) in [4.78, 5) is 15.0. The first-order valence-electron chi connectivity index (χ1n) is 5.31. The largest absolute Gasteiger partial charge is 0.323 e. The fourth-order valence-electron chi connectivity index (χ4n) is 1.50. The molecule has 0 spiro atoms. The number of hydrogen-bond acceptors (Lipinski definition) is 5. The Morgan fingerprint density at radius 3 is 2.80 bits per heavy atom. The van der Waals surface area contributed by atoms with Crippen LogP contribution < -0.4 is 10.5 Å². The number of anilines is 1. The second-order valence-corrected chi connectivity index (χ2v) is 5.36. The van der Waals surface area contributed by atoms with Gasteiger partial charge in [-0.1, -0.05) is 0 Å². The summed E-state index contributed by atoms with van der Waals surface area (Å²) in [6, 6.07) is 2.79. The first-order chi connectivity index (χ1) is 9.36. The van der Waals surface area contributed by atoms with Crippen LogP contribution in [0.25, 0.3) is 0 Å². The highest BCUT2D eigenvalue weighted by Crippen LogP contribution is 2.21. The summed E-state index contributed by atoms with van der Waals surface area (Å²) >= 11 is 0. The summed E-state index contributed by atoms with van der Waals surface area (Å²) in [6.07, 6.45) is 2.55. The molecule has 1 heterocycles. The maximum atomic E-state index is 13.1. The second kappa shape index (κ2) is 5.35. The van der Waals surface area contributed by atoms with Crippen LogP contribution in [0.3, 0.4) is 0 Å². The fourth-order valence-corrected chi connectivity index (χ4v) is 2.17. The van der Waals surface area contributed by atoms with Crippen LogP contribution in [-0.4, -0.2) is 29.1 Å². The van der Waals surface area contributed by atoms with E-state index in [1.807, 2.05) is 0 Å². The number of aromatic nitrogens is 3. The zero-order chi connectivity index (χ0) is 14.8. The molecule has 0 atom stereocenters. The van der Waals surface area contributed by atoms with Gasteiger partial charge in [0.25, 0.3) is 0 Å². The van der Waals surface area contributed by atoms with Crippen molar-refractivity contribution in [2.45, 2.75) is 11.4 Å².